The van der Waals surface area contributed by atoms with E-state index in [1.165, 1.54) is 11.0 Å². The van der Waals surface area contributed by atoms with Crippen molar-refractivity contribution in [3.8, 4) is 0 Å². The number of nitrogens with zero attached hydrogens (tertiary/aromatic N) is 2. The van der Waals surface area contributed by atoms with Gasteiger partial charge in [-0.1, -0.05) is 0 Å². The number of hydrogen-bond donors (Lipinski definition) is 2. The summed E-state index contributed by atoms with van der Waals surface area (Å²) >= 11 is 0. The molecule has 2 heterocycles. The van der Waals surface area contributed by atoms with Crippen LogP contribution in [0.4, 0.5) is 20.2 Å². The van der Waals surface area contributed by atoms with Crippen LogP contribution in [0.1, 0.15) is 6.42 Å². The molecule has 1 aromatic heterocycles. The Morgan fingerprint density at radius 1 is 1.23 bits per heavy atom. The molecule has 2 amide bonds. The van der Waals surface area contributed by atoms with E-state index in [9.17, 15) is 18.4 Å². The molecule has 1 unspecified atom stereocenters. The number of amides is 2. The summed E-state index contributed by atoms with van der Waals surface area (Å²) in [6, 6.07) is 8.30. The first-order chi connectivity index (χ1) is 12.5. The summed E-state index contributed by atoms with van der Waals surface area (Å²) in [5.41, 5.74) is 1.33. The van der Waals surface area contributed by atoms with E-state index < -0.39 is 17.6 Å². The lowest BCUT2D eigenvalue weighted by Gasteiger charge is -2.17. The van der Waals surface area contributed by atoms with Gasteiger partial charge >= 0.3 is 0 Å². The fraction of sp³-hybridized carbons (Fsp3) is 0.167. The van der Waals surface area contributed by atoms with E-state index in [0.717, 1.165) is 23.0 Å². The van der Waals surface area contributed by atoms with Gasteiger partial charge in [-0.05, 0) is 30.3 Å². The van der Waals surface area contributed by atoms with Crippen LogP contribution in [0.25, 0.3) is 10.9 Å². The van der Waals surface area contributed by atoms with E-state index in [2.05, 4.69) is 15.5 Å². The van der Waals surface area contributed by atoms with Gasteiger partial charge in [0.15, 0.2) is 0 Å². The van der Waals surface area contributed by atoms with Crippen LogP contribution < -0.4 is 10.2 Å². The van der Waals surface area contributed by atoms with Gasteiger partial charge in [-0.2, -0.15) is 5.10 Å². The monoisotopic (exact) mass is 356 g/mol. The third-order valence-corrected chi connectivity index (χ3v) is 4.41. The topological polar surface area (TPSA) is 78.1 Å². The first-order valence-electron chi connectivity index (χ1n) is 8.00. The number of H-pyrrole nitrogens is 1. The van der Waals surface area contributed by atoms with Crippen molar-refractivity contribution in [2.24, 2.45) is 5.92 Å². The van der Waals surface area contributed by atoms with Crippen LogP contribution in [-0.2, 0) is 9.59 Å². The summed E-state index contributed by atoms with van der Waals surface area (Å²) in [6.45, 7) is 0.0412. The Kier molecular flexibility index (Phi) is 3.87. The van der Waals surface area contributed by atoms with E-state index >= 15 is 0 Å². The Morgan fingerprint density at radius 3 is 2.88 bits per heavy atom. The van der Waals surface area contributed by atoms with Crippen LogP contribution >= 0.6 is 0 Å². The fourth-order valence-electron chi connectivity index (χ4n) is 3.08. The third kappa shape index (κ3) is 2.90. The van der Waals surface area contributed by atoms with Gasteiger partial charge in [0.25, 0.3) is 0 Å². The number of anilines is 2. The number of aromatic nitrogens is 2. The SMILES string of the molecule is O=C(Nc1ccc2cn[nH]c2c1)C1CC(=O)N(c2ccc(F)cc2F)C1. The number of carbonyl (C=O) groups is 2. The van der Waals surface area contributed by atoms with Crippen LogP contribution in [0.2, 0.25) is 0 Å². The Labute approximate surface area is 146 Å². The summed E-state index contributed by atoms with van der Waals surface area (Å²) in [5, 5.41) is 10.4. The lowest BCUT2D eigenvalue weighted by molar-refractivity contribution is -0.122. The fourth-order valence-corrected chi connectivity index (χ4v) is 3.08. The largest absolute Gasteiger partial charge is 0.326 e. The number of nitrogens with one attached hydrogen (secondary N) is 2. The summed E-state index contributed by atoms with van der Waals surface area (Å²) in [5.74, 6) is -2.88. The Hall–Kier alpha value is -3.29. The van der Waals surface area contributed by atoms with Crippen molar-refractivity contribution in [3.63, 3.8) is 0 Å². The first-order valence-corrected chi connectivity index (χ1v) is 8.00. The van der Waals surface area contributed by atoms with Crippen molar-refractivity contribution in [2.75, 3.05) is 16.8 Å². The van der Waals surface area contributed by atoms with Crippen molar-refractivity contribution in [1.82, 2.24) is 10.2 Å². The second-order valence-corrected chi connectivity index (χ2v) is 6.16. The zero-order valence-electron chi connectivity index (χ0n) is 13.5. The maximum atomic E-state index is 13.9. The maximum Gasteiger partial charge on any atom is 0.229 e. The van der Waals surface area contributed by atoms with Crippen molar-refractivity contribution in [1.29, 1.82) is 0 Å². The lowest BCUT2D eigenvalue weighted by Crippen LogP contribution is -2.28. The van der Waals surface area contributed by atoms with Gasteiger partial charge in [0.1, 0.15) is 11.6 Å². The van der Waals surface area contributed by atoms with Gasteiger partial charge in [0.05, 0.1) is 23.3 Å². The minimum absolute atomic E-state index is 0.0226. The smallest absolute Gasteiger partial charge is 0.229 e. The van der Waals surface area contributed by atoms with Crippen molar-refractivity contribution < 1.29 is 18.4 Å². The van der Waals surface area contributed by atoms with Gasteiger partial charge in [-0.15, -0.1) is 0 Å². The molecule has 4 rings (SSSR count). The Bertz CT molecular complexity index is 1020. The first kappa shape index (κ1) is 16.2. The van der Waals surface area contributed by atoms with Gasteiger partial charge in [-0.3, -0.25) is 14.7 Å². The molecule has 1 fully saturated rings. The highest BCUT2D eigenvalue weighted by atomic mass is 19.1. The molecule has 26 heavy (non-hydrogen) atoms. The van der Waals surface area contributed by atoms with Crippen LogP contribution in [0.3, 0.4) is 0 Å². The molecule has 1 aliphatic rings. The quantitative estimate of drug-likeness (QED) is 0.757. The zero-order chi connectivity index (χ0) is 18.3. The van der Waals surface area contributed by atoms with E-state index in [4.69, 9.17) is 0 Å². The standard InChI is InChI=1S/C18H14F2N4O2/c19-12-2-4-16(14(20)6-12)24-9-11(5-17(24)25)18(26)22-13-3-1-10-8-21-23-15(10)7-13/h1-4,6-8,11H,5,9H2,(H,21,23)(H,22,26). The number of halogens is 2. The van der Waals surface area contributed by atoms with Crippen molar-refractivity contribution in [2.45, 2.75) is 6.42 Å². The zero-order valence-corrected chi connectivity index (χ0v) is 13.5. The molecule has 0 saturated carbocycles. The molecule has 0 spiro atoms. The molecular weight excluding hydrogens is 342 g/mol. The highest BCUT2D eigenvalue weighted by molar-refractivity contribution is 6.04. The highest BCUT2D eigenvalue weighted by Crippen LogP contribution is 2.28. The van der Waals surface area contributed by atoms with Crippen molar-refractivity contribution in [3.05, 3.63) is 54.2 Å². The van der Waals surface area contributed by atoms with E-state index in [0.29, 0.717) is 5.69 Å². The van der Waals surface area contributed by atoms with Crippen LogP contribution in [0, 0.1) is 17.6 Å². The minimum Gasteiger partial charge on any atom is -0.326 e. The van der Waals surface area contributed by atoms with Crippen LogP contribution in [0.5, 0.6) is 0 Å². The number of benzene rings is 2. The van der Waals surface area contributed by atoms with Gasteiger partial charge in [0, 0.05) is 30.1 Å². The molecule has 1 saturated heterocycles. The third-order valence-electron chi connectivity index (χ3n) is 4.41. The van der Waals surface area contributed by atoms with Crippen LogP contribution in [-0.4, -0.2) is 28.6 Å². The van der Waals surface area contributed by atoms with Crippen molar-refractivity contribution >= 4 is 34.1 Å². The molecule has 1 atom stereocenters. The highest BCUT2D eigenvalue weighted by Gasteiger charge is 2.36. The van der Waals surface area contributed by atoms with E-state index in [-0.39, 0.29) is 30.5 Å². The molecule has 3 aromatic rings. The molecule has 2 N–H and O–H groups in total. The van der Waals surface area contributed by atoms with Gasteiger partial charge < -0.3 is 10.2 Å². The summed E-state index contributed by atoms with van der Waals surface area (Å²) in [7, 11) is 0. The normalized spacial score (nSPS) is 17.1. The number of rotatable bonds is 3. The average Bonchev–Trinajstić information content (AvgIpc) is 3.21. The maximum absolute atomic E-state index is 13.9. The lowest BCUT2D eigenvalue weighted by atomic mass is 10.1. The second kappa shape index (κ2) is 6.21. The summed E-state index contributed by atoms with van der Waals surface area (Å²) in [4.78, 5) is 25.9. The average molecular weight is 356 g/mol. The summed E-state index contributed by atoms with van der Waals surface area (Å²) < 4.78 is 27.0. The second-order valence-electron chi connectivity index (χ2n) is 6.16. The molecular formula is C18H14F2N4O2. The number of hydrogen-bond acceptors (Lipinski definition) is 3. The van der Waals surface area contributed by atoms with E-state index in [1.54, 1.807) is 18.3 Å². The molecule has 8 heteroatoms. The minimum atomic E-state index is -0.830. The van der Waals surface area contributed by atoms with Crippen LogP contribution in [0.15, 0.2) is 42.6 Å². The predicted octanol–water partition coefficient (Wildman–Crippen LogP) is 2.83. The molecule has 132 valence electrons. The Balaban J connectivity index is 1.49. The molecule has 0 bridgehead atoms. The number of carbonyl (C=O) groups excluding carboxylic acids is 2. The predicted molar refractivity (Wildman–Crippen MR) is 91.5 cm³/mol. The number of aromatic amines is 1. The van der Waals surface area contributed by atoms with E-state index in [1.807, 2.05) is 6.07 Å². The molecule has 2 aromatic carbocycles. The number of fused-ring (bicyclic) bond motifs is 1. The Morgan fingerprint density at radius 2 is 2.08 bits per heavy atom. The molecule has 0 aliphatic carbocycles. The molecule has 0 radical (unpaired) electrons. The van der Waals surface area contributed by atoms with Gasteiger partial charge in [0.2, 0.25) is 11.8 Å². The molecule has 1 aliphatic heterocycles. The molecule has 6 nitrogen and oxygen atoms in total. The summed E-state index contributed by atoms with van der Waals surface area (Å²) in [6.07, 6.45) is 1.64. The van der Waals surface area contributed by atoms with Gasteiger partial charge in [-0.25, -0.2) is 8.78 Å².